The Balaban J connectivity index is 1.18. The first-order chi connectivity index (χ1) is 17.6. The zero-order valence-electron chi connectivity index (χ0n) is 20.7. The molecule has 0 unspecified atom stereocenters. The number of amides is 2. The smallest absolute Gasteiger partial charge is 0.244 e. The van der Waals surface area contributed by atoms with Crippen LogP contribution in [0, 0.1) is 5.41 Å². The molecule has 1 aromatic heterocycles. The third-order valence-corrected chi connectivity index (χ3v) is 8.14. The number of rotatable bonds is 7. The highest BCUT2D eigenvalue weighted by Crippen LogP contribution is 2.44. The Morgan fingerprint density at radius 3 is 2.58 bits per heavy atom. The Morgan fingerprint density at radius 1 is 1.08 bits per heavy atom. The summed E-state index contributed by atoms with van der Waals surface area (Å²) >= 11 is 0. The van der Waals surface area contributed by atoms with Gasteiger partial charge in [0, 0.05) is 43.0 Å². The highest BCUT2D eigenvalue weighted by molar-refractivity contribution is 6.14. The van der Waals surface area contributed by atoms with E-state index in [9.17, 15) is 9.59 Å². The predicted molar refractivity (Wildman–Crippen MR) is 136 cm³/mol. The summed E-state index contributed by atoms with van der Waals surface area (Å²) in [6.07, 6.45) is 9.30. The third kappa shape index (κ3) is 4.30. The lowest BCUT2D eigenvalue weighted by atomic mass is 9.76. The van der Waals surface area contributed by atoms with Crippen LogP contribution in [0.1, 0.15) is 50.5 Å². The fraction of sp³-hybridized carbons (Fsp3) is 0.556. The molecule has 4 aliphatic rings. The lowest BCUT2D eigenvalue weighted by Gasteiger charge is -2.40. The molecule has 2 saturated heterocycles. The van der Waals surface area contributed by atoms with Crippen molar-refractivity contribution < 1.29 is 14.3 Å². The van der Waals surface area contributed by atoms with Gasteiger partial charge in [-0.05, 0) is 69.5 Å². The lowest BCUT2D eigenvalue weighted by molar-refractivity contribution is -0.140. The molecule has 1 spiro atoms. The summed E-state index contributed by atoms with van der Waals surface area (Å²) in [7, 11) is 0. The quantitative estimate of drug-likeness (QED) is 0.576. The van der Waals surface area contributed by atoms with Gasteiger partial charge >= 0.3 is 0 Å². The molecule has 0 radical (unpaired) electrons. The van der Waals surface area contributed by atoms with Crippen LogP contribution in [-0.2, 0) is 16.0 Å². The minimum Gasteiger partial charge on any atom is -0.492 e. The Hall–Kier alpha value is -3.20. The molecule has 9 nitrogen and oxygen atoms in total. The molecule has 1 aromatic carbocycles. The second-order valence-corrected chi connectivity index (χ2v) is 10.5. The van der Waals surface area contributed by atoms with Crippen LogP contribution >= 0.6 is 0 Å². The Labute approximate surface area is 211 Å². The highest BCUT2D eigenvalue weighted by atomic mass is 16.5. The summed E-state index contributed by atoms with van der Waals surface area (Å²) in [5.74, 6) is 1.67. The Bertz CT molecular complexity index is 1130. The van der Waals surface area contributed by atoms with Gasteiger partial charge in [-0.15, -0.1) is 0 Å². The number of carbonyl (C=O) groups is 2. The fourth-order valence-corrected chi connectivity index (χ4v) is 6.13. The molecule has 9 heteroatoms. The predicted octanol–water partition coefficient (Wildman–Crippen LogP) is 3.03. The standard InChI is InChI=1S/C27H34N6O3/c34-24-27(11-12-28-24)17-19-18-29-26(31-23(19)33(25(27)35)21-5-1-2-6-21)30-20-7-9-22(10-8-20)36-16-15-32-13-3-4-14-32/h7-10,18,21H,1-6,11-17H2,(H,28,34)(H,29,30,31)/t27-/m1/s1. The average Bonchev–Trinajstić information content (AvgIpc) is 3.66. The van der Waals surface area contributed by atoms with Crippen molar-refractivity contribution in [2.24, 2.45) is 5.41 Å². The highest BCUT2D eigenvalue weighted by Gasteiger charge is 2.56. The minimum atomic E-state index is -1.02. The molecular formula is C27H34N6O3. The number of benzene rings is 1. The number of hydrogen-bond donors (Lipinski definition) is 2. The van der Waals surface area contributed by atoms with E-state index in [0.717, 1.165) is 49.2 Å². The number of fused-ring (bicyclic) bond motifs is 1. The summed E-state index contributed by atoms with van der Waals surface area (Å²) in [5, 5.41) is 6.15. The van der Waals surface area contributed by atoms with Crippen molar-refractivity contribution in [1.82, 2.24) is 20.2 Å². The van der Waals surface area contributed by atoms with E-state index in [2.05, 4.69) is 20.5 Å². The maximum Gasteiger partial charge on any atom is 0.244 e. The molecular weight excluding hydrogens is 456 g/mol. The van der Waals surface area contributed by atoms with Crippen LogP contribution in [0.2, 0.25) is 0 Å². The molecule has 2 amide bonds. The Kier molecular flexibility index (Phi) is 6.25. The van der Waals surface area contributed by atoms with E-state index >= 15 is 0 Å². The van der Waals surface area contributed by atoms with Crippen molar-refractivity contribution in [2.75, 3.05) is 43.0 Å². The van der Waals surface area contributed by atoms with E-state index in [4.69, 9.17) is 9.72 Å². The molecule has 1 saturated carbocycles. The van der Waals surface area contributed by atoms with Gasteiger partial charge in [-0.3, -0.25) is 19.4 Å². The molecule has 4 heterocycles. The van der Waals surface area contributed by atoms with Gasteiger partial charge in [-0.2, -0.15) is 4.98 Å². The third-order valence-electron chi connectivity index (χ3n) is 8.14. The molecule has 6 rings (SSSR count). The molecule has 3 fully saturated rings. The summed E-state index contributed by atoms with van der Waals surface area (Å²) in [6, 6.07) is 7.88. The van der Waals surface area contributed by atoms with Crippen LogP contribution in [0.5, 0.6) is 5.75 Å². The molecule has 1 aliphatic carbocycles. The SMILES string of the molecule is O=C1NCC[C@@]12Cc1cnc(Nc3ccc(OCCN4CCCC4)cc3)nc1N(C1CCCC1)C2=O. The summed E-state index contributed by atoms with van der Waals surface area (Å²) in [4.78, 5) is 40.1. The Morgan fingerprint density at radius 2 is 1.86 bits per heavy atom. The number of nitrogens with one attached hydrogen (secondary N) is 2. The number of aromatic nitrogens is 2. The van der Waals surface area contributed by atoms with Gasteiger partial charge in [0.05, 0.1) is 0 Å². The maximum atomic E-state index is 13.8. The van der Waals surface area contributed by atoms with E-state index in [-0.39, 0.29) is 17.9 Å². The van der Waals surface area contributed by atoms with Crippen molar-refractivity contribution >= 4 is 29.3 Å². The van der Waals surface area contributed by atoms with Crippen LogP contribution in [0.3, 0.4) is 0 Å². The number of hydrogen-bond acceptors (Lipinski definition) is 7. The number of ether oxygens (including phenoxy) is 1. The number of carbonyl (C=O) groups excluding carboxylic acids is 2. The summed E-state index contributed by atoms with van der Waals surface area (Å²) in [5.41, 5.74) is 0.701. The zero-order valence-corrected chi connectivity index (χ0v) is 20.7. The fourth-order valence-electron chi connectivity index (χ4n) is 6.13. The van der Waals surface area contributed by atoms with Crippen molar-refractivity contribution in [3.05, 3.63) is 36.0 Å². The van der Waals surface area contributed by atoms with Crippen LogP contribution < -0.4 is 20.3 Å². The summed E-state index contributed by atoms with van der Waals surface area (Å²) < 4.78 is 5.91. The first-order valence-corrected chi connectivity index (χ1v) is 13.3. The van der Waals surface area contributed by atoms with E-state index in [1.807, 2.05) is 29.2 Å². The van der Waals surface area contributed by atoms with E-state index < -0.39 is 5.41 Å². The van der Waals surface area contributed by atoms with Crippen molar-refractivity contribution in [1.29, 1.82) is 0 Å². The maximum absolute atomic E-state index is 13.8. The van der Waals surface area contributed by atoms with Gasteiger partial charge in [-0.1, -0.05) is 12.8 Å². The van der Waals surface area contributed by atoms with Crippen LogP contribution in [-0.4, -0.2) is 65.5 Å². The first kappa shape index (κ1) is 23.2. The van der Waals surface area contributed by atoms with Gasteiger partial charge in [0.2, 0.25) is 17.8 Å². The van der Waals surface area contributed by atoms with Crippen molar-refractivity contribution in [2.45, 2.75) is 57.4 Å². The van der Waals surface area contributed by atoms with Crippen LogP contribution in [0.4, 0.5) is 17.5 Å². The van der Waals surface area contributed by atoms with Crippen LogP contribution in [0.25, 0.3) is 0 Å². The second kappa shape index (κ2) is 9.69. The molecule has 0 bridgehead atoms. The van der Waals surface area contributed by atoms with Gasteiger partial charge < -0.3 is 15.4 Å². The monoisotopic (exact) mass is 490 g/mol. The molecule has 1 atom stereocenters. The zero-order chi connectivity index (χ0) is 24.5. The topological polar surface area (TPSA) is 99.7 Å². The lowest BCUT2D eigenvalue weighted by Crippen LogP contribution is -2.56. The van der Waals surface area contributed by atoms with Crippen LogP contribution in [0.15, 0.2) is 30.5 Å². The van der Waals surface area contributed by atoms with Gasteiger partial charge in [-0.25, -0.2) is 4.98 Å². The van der Waals surface area contributed by atoms with E-state index in [1.54, 1.807) is 6.20 Å². The molecule has 2 N–H and O–H groups in total. The number of anilines is 3. The average molecular weight is 491 g/mol. The first-order valence-electron chi connectivity index (χ1n) is 13.3. The number of likely N-dealkylation sites (tertiary alicyclic amines) is 1. The van der Waals surface area contributed by atoms with Crippen molar-refractivity contribution in [3.8, 4) is 5.75 Å². The molecule has 36 heavy (non-hydrogen) atoms. The van der Waals surface area contributed by atoms with Gasteiger partial charge in [0.25, 0.3) is 0 Å². The molecule has 190 valence electrons. The molecule has 3 aliphatic heterocycles. The normalized spacial score (nSPS) is 24.4. The largest absolute Gasteiger partial charge is 0.492 e. The summed E-state index contributed by atoms with van der Waals surface area (Å²) in [6.45, 7) is 4.53. The van der Waals surface area contributed by atoms with Crippen molar-refractivity contribution in [3.63, 3.8) is 0 Å². The van der Waals surface area contributed by atoms with E-state index in [0.29, 0.717) is 37.8 Å². The second-order valence-electron chi connectivity index (χ2n) is 10.5. The van der Waals surface area contributed by atoms with E-state index in [1.165, 1.54) is 25.9 Å². The van der Waals surface area contributed by atoms with Gasteiger partial charge in [0.15, 0.2) is 0 Å². The molecule has 2 aromatic rings. The number of nitrogens with zero attached hydrogens (tertiary/aromatic N) is 4. The van der Waals surface area contributed by atoms with Gasteiger partial charge in [0.1, 0.15) is 23.6 Å². The minimum absolute atomic E-state index is 0.0848.